The molecule has 0 fully saturated rings. The fourth-order valence-corrected chi connectivity index (χ4v) is 0.982. The minimum Gasteiger partial charge on any atom is -0.370 e. The topological polar surface area (TPSA) is 64.4 Å². The molecule has 0 bridgehead atoms. The quantitative estimate of drug-likeness (QED) is 0.802. The van der Waals surface area contributed by atoms with Crippen LogP contribution in [-0.4, -0.2) is 37.0 Å². The molecular formula is C9H11F3N2O3. The zero-order valence-electron chi connectivity index (χ0n) is 9.00. The molecule has 8 heteroatoms. The Labute approximate surface area is 94.9 Å². The standard InChI is InChI=1S/C9H11F3N2O3/c1-6-4-7(17-14-6)8(15)13-2-3-16-5-9(10,11)12/h4H,2-3,5H2,1H3,(H,13,15). The summed E-state index contributed by atoms with van der Waals surface area (Å²) in [5, 5.41) is 5.83. The van der Waals surface area contributed by atoms with Crippen LogP contribution in [0.3, 0.4) is 0 Å². The van der Waals surface area contributed by atoms with Crippen molar-refractivity contribution in [2.24, 2.45) is 0 Å². The molecule has 1 aromatic rings. The lowest BCUT2D eigenvalue weighted by Gasteiger charge is -2.07. The van der Waals surface area contributed by atoms with Gasteiger partial charge in [0.1, 0.15) is 6.61 Å². The summed E-state index contributed by atoms with van der Waals surface area (Å²) in [5.74, 6) is -0.528. The van der Waals surface area contributed by atoms with Crippen LogP contribution in [0.4, 0.5) is 13.2 Å². The van der Waals surface area contributed by atoms with Crippen molar-refractivity contribution in [3.05, 3.63) is 17.5 Å². The highest BCUT2D eigenvalue weighted by atomic mass is 19.4. The molecule has 1 heterocycles. The zero-order valence-corrected chi connectivity index (χ0v) is 9.00. The van der Waals surface area contributed by atoms with Crippen LogP contribution in [0, 0.1) is 6.92 Å². The number of hydrogen-bond donors (Lipinski definition) is 1. The average Bonchev–Trinajstić information content (AvgIpc) is 2.62. The summed E-state index contributed by atoms with van der Waals surface area (Å²) in [6.07, 6.45) is -4.36. The first-order valence-electron chi connectivity index (χ1n) is 4.74. The van der Waals surface area contributed by atoms with Crippen LogP contribution in [0.25, 0.3) is 0 Å². The van der Waals surface area contributed by atoms with Crippen LogP contribution < -0.4 is 5.32 Å². The number of carbonyl (C=O) groups excluding carboxylic acids is 1. The van der Waals surface area contributed by atoms with E-state index in [9.17, 15) is 18.0 Å². The van der Waals surface area contributed by atoms with Gasteiger partial charge in [0, 0.05) is 12.6 Å². The summed E-state index contributed by atoms with van der Waals surface area (Å²) in [5.41, 5.74) is 0.545. The lowest BCUT2D eigenvalue weighted by Crippen LogP contribution is -2.28. The second-order valence-corrected chi connectivity index (χ2v) is 3.26. The molecule has 96 valence electrons. The number of hydrogen-bond acceptors (Lipinski definition) is 4. The number of nitrogens with one attached hydrogen (secondary N) is 1. The Balaban J connectivity index is 2.17. The Bertz CT molecular complexity index is 376. The summed E-state index contributed by atoms with van der Waals surface area (Å²) in [4.78, 5) is 11.3. The van der Waals surface area contributed by atoms with Crippen LogP contribution in [0.5, 0.6) is 0 Å². The van der Waals surface area contributed by atoms with E-state index in [0.717, 1.165) is 0 Å². The first-order valence-corrected chi connectivity index (χ1v) is 4.74. The normalized spacial score (nSPS) is 11.5. The smallest absolute Gasteiger partial charge is 0.370 e. The SMILES string of the molecule is Cc1cc(C(=O)NCCOCC(F)(F)F)on1. The molecule has 0 spiro atoms. The van der Waals surface area contributed by atoms with Gasteiger partial charge in [0.15, 0.2) is 0 Å². The van der Waals surface area contributed by atoms with Gasteiger partial charge in [-0.05, 0) is 6.92 Å². The van der Waals surface area contributed by atoms with Crippen molar-refractivity contribution in [2.75, 3.05) is 19.8 Å². The second-order valence-electron chi connectivity index (χ2n) is 3.26. The number of carbonyl (C=O) groups is 1. The number of ether oxygens (including phenoxy) is 1. The Hall–Kier alpha value is -1.57. The molecule has 1 rings (SSSR count). The molecule has 5 nitrogen and oxygen atoms in total. The predicted octanol–water partition coefficient (Wildman–Crippen LogP) is 1.29. The largest absolute Gasteiger partial charge is 0.411 e. The third-order valence-electron chi connectivity index (χ3n) is 1.65. The molecule has 0 aliphatic carbocycles. The van der Waals surface area contributed by atoms with Crippen LogP contribution in [-0.2, 0) is 4.74 Å². The van der Waals surface area contributed by atoms with Crippen LogP contribution in [0.2, 0.25) is 0 Å². The van der Waals surface area contributed by atoms with Gasteiger partial charge >= 0.3 is 6.18 Å². The molecule has 0 aromatic carbocycles. The van der Waals surface area contributed by atoms with Crippen molar-refractivity contribution >= 4 is 5.91 Å². The van der Waals surface area contributed by atoms with E-state index in [1.165, 1.54) is 6.07 Å². The Morgan fingerprint density at radius 1 is 1.59 bits per heavy atom. The van der Waals surface area contributed by atoms with Crippen molar-refractivity contribution in [3.63, 3.8) is 0 Å². The lowest BCUT2D eigenvalue weighted by atomic mass is 10.4. The van der Waals surface area contributed by atoms with Crippen molar-refractivity contribution in [1.82, 2.24) is 10.5 Å². The molecule has 0 aliphatic rings. The Morgan fingerprint density at radius 3 is 2.82 bits per heavy atom. The molecular weight excluding hydrogens is 241 g/mol. The minimum atomic E-state index is -4.36. The van der Waals surface area contributed by atoms with Gasteiger partial charge in [-0.2, -0.15) is 13.2 Å². The Morgan fingerprint density at radius 2 is 2.29 bits per heavy atom. The third-order valence-corrected chi connectivity index (χ3v) is 1.65. The molecule has 0 aliphatic heterocycles. The summed E-state index contributed by atoms with van der Waals surface area (Å²) in [6, 6.07) is 1.42. The number of rotatable bonds is 5. The zero-order chi connectivity index (χ0) is 12.9. The summed E-state index contributed by atoms with van der Waals surface area (Å²) < 4.78 is 44.0. The predicted molar refractivity (Wildman–Crippen MR) is 50.4 cm³/mol. The van der Waals surface area contributed by atoms with E-state index < -0.39 is 18.7 Å². The molecule has 0 unspecified atom stereocenters. The number of aryl methyl sites for hydroxylation is 1. The highest BCUT2D eigenvalue weighted by Gasteiger charge is 2.27. The van der Waals surface area contributed by atoms with Crippen LogP contribution in [0.1, 0.15) is 16.2 Å². The van der Waals surface area contributed by atoms with Crippen molar-refractivity contribution in [3.8, 4) is 0 Å². The van der Waals surface area contributed by atoms with Gasteiger partial charge in [0.25, 0.3) is 5.91 Å². The first-order chi connectivity index (χ1) is 7.88. The van der Waals surface area contributed by atoms with E-state index in [2.05, 4.69) is 19.7 Å². The van der Waals surface area contributed by atoms with E-state index in [1.807, 2.05) is 0 Å². The van der Waals surface area contributed by atoms with Gasteiger partial charge in [-0.25, -0.2) is 0 Å². The van der Waals surface area contributed by atoms with E-state index in [1.54, 1.807) is 6.92 Å². The molecule has 1 amide bonds. The first kappa shape index (κ1) is 13.5. The molecule has 1 N–H and O–H groups in total. The Kier molecular flexibility index (Phi) is 4.50. The molecule has 0 atom stereocenters. The van der Waals surface area contributed by atoms with E-state index in [4.69, 9.17) is 0 Å². The van der Waals surface area contributed by atoms with Crippen molar-refractivity contribution in [2.45, 2.75) is 13.1 Å². The number of halogens is 3. The molecule has 0 saturated heterocycles. The van der Waals surface area contributed by atoms with Gasteiger partial charge in [0.2, 0.25) is 5.76 Å². The summed E-state index contributed by atoms with van der Waals surface area (Å²) >= 11 is 0. The van der Waals surface area contributed by atoms with E-state index in [-0.39, 0.29) is 18.9 Å². The highest BCUT2D eigenvalue weighted by molar-refractivity contribution is 5.91. The number of alkyl halides is 3. The van der Waals surface area contributed by atoms with Crippen LogP contribution in [0.15, 0.2) is 10.6 Å². The number of nitrogens with zero attached hydrogens (tertiary/aromatic N) is 1. The molecule has 17 heavy (non-hydrogen) atoms. The third kappa shape index (κ3) is 5.34. The summed E-state index contributed by atoms with van der Waals surface area (Å²) in [6.45, 7) is 0.0596. The maximum absolute atomic E-state index is 11.7. The van der Waals surface area contributed by atoms with Gasteiger partial charge in [-0.15, -0.1) is 0 Å². The van der Waals surface area contributed by atoms with Gasteiger partial charge < -0.3 is 14.6 Å². The minimum absolute atomic E-state index is 0.0123. The summed E-state index contributed by atoms with van der Waals surface area (Å²) in [7, 11) is 0. The van der Waals surface area contributed by atoms with Gasteiger partial charge in [0.05, 0.1) is 12.3 Å². The molecule has 0 radical (unpaired) electrons. The maximum atomic E-state index is 11.7. The van der Waals surface area contributed by atoms with Crippen molar-refractivity contribution in [1.29, 1.82) is 0 Å². The van der Waals surface area contributed by atoms with E-state index in [0.29, 0.717) is 5.69 Å². The van der Waals surface area contributed by atoms with E-state index >= 15 is 0 Å². The number of aromatic nitrogens is 1. The second kappa shape index (κ2) is 5.67. The van der Waals surface area contributed by atoms with Gasteiger partial charge in [-0.1, -0.05) is 5.16 Å². The fourth-order valence-electron chi connectivity index (χ4n) is 0.982. The molecule has 0 saturated carbocycles. The highest BCUT2D eigenvalue weighted by Crippen LogP contribution is 2.13. The average molecular weight is 252 g/mol. The van der Waals surface area contributed by atoms with Gasteiger partial charge in [-0.3, -0.25) is 4.79 Å². The lowest BCUT2D eigenvalue weighted by molar-refractivity contribution is -0.173. The fraction of sp³-hybridized carbons (Fsp3) is 0.556. The van der Waals surface area contributed by atoms with Crippen molar-refractivity contribution < 1.29 is 27.2 Å². The maximum Gasteiger partial charge on any atom is 0.411 e. The monoisotopic (exact) mass is 252 g/mol. The van der Waals surface area contributed by atoms with Crippen LogP contribution >= 0.6 is 0 Å². The molecule has 1 aromatic heterocycles. The number of amides is 1.